The molecule has 6 nitrogen and oxygen atoms in total. The van der Waals surface area contributed by atoms with Gasteiger partial charge in [-0.1, -0.05) is 30.3 Å². The molecule has 0 saturated heterocycles. The largest absolute Gasteiger partial charge is 0.375 e. The lowest BCUT2D eigenvalue weighted by atomic mass is 10.2. The highest BCUT2D eigenvalue weighted by Gasteiger charge is 2.28. The molecule has 1 aliphatic carbocycles. The summed E-state index contributed by atoms with van der Waals surface area (Å²) in [5, 5.41) is 9.33. The fourth-order valence-electron chi connectivity index (χ4n) is 2.18. The van der Waals surface area contributed by atoms with Crippen LogP contribution in [0.25, 0.3) is 0 Å². The predicted molar refractivity (Wildman–Crippen MR) is 111 cm³/mol. The molecule has 1 aliphatic rings. The van der Waals surface area contributed by atoms with Crippen LogP contribution in [0, 0.1) is 5.92 Å². The van der Waals surface area contributed by atoms with E-state index in [9.17, 15) is 4.79 Å². The van der Waals surface area contributed by atoms with Crippen LogP contribution in [0.2, 0.25) is 0 Å². The van der Waals surface area contributed by atoms with E-state index in [-0.39, 0.29) is 35.8 Å². The third-order valence-corrected chi connectivity index (χ3v) is 3.63. The van der Waals surface area contributed by atoms with Crippen LogP contribution in [0.5, 0.6) is 0 Å². The molecule has 1 saturated carbocycles. The molecule has 1 fully saturated rings. The number of hydrogen-bond acceptors (Lipinski definition) is 3. The van der Waals surface area contributed by atoms with Crippen LogP contribution >= 0.6 is 24.0 Å². The number of rotatable bonds is 10. The van der Waals surface area contributed by atoms with E-state index in [1.165, 1.54) is 0 Å². The summed E-state index contributed by atoms with van der Waals surface area (Å²) >= 11 is 0. The van der Waals surface area contributed by atoms with Crippen molar-refractivity contribution in [2.75, 3.05) is 32.8 Å². The lowest BCUT2D eigenvalue weighted by molar-refractivity contribution is -0.122. The van der Waals surface area contributed by atoms with Crippen LogP contribution < -0.4 is 16.0 Å². The van der Waals surface area contributed by atoms with Gasteiger partial charge in [0.2, 0.25) is 5.91 Å². The smallest absolute Gasteiger partial charge is 0.223 e. The summed E-state index contributed by atoms with van der Waals surface area (Å²) in [6.07, 6.45) is 2.07. The van der Waals surface area contributed by atoms with Crippen LogP contribution in [-0.4, -0.2) is 44.7 Å². The highest BCUT2D eigenvalue weighted by atomic mass is 127. The molecule has 0 spiro atoms. The van der Waals surface area contributed by atoms with Gasteiger partial charge in [0.05, 0.1) is 19.8 Å². The Kier molecular flexibility index (Phi) is 11.2. The van der Waals surface area contributed by atoms with Crippen LogP contribution in [0.4, 0.5) is 0 Å². The minimum atomic E-state index is 0. The molecule has 0 unspecified atom stereocenters. The van der Waals surface area contributed by atoms with E-state index in [1.54, 1.807) is 0 Å². The minimum Gasteiger partial charge on any atom is -0.375 e. The van der Waals surface area contributed by atoms with Crippen molar-refractivity contribution in [2.24, 2.45) is 10.9 Å². The van der Waals surface area contributed by atoms with Gasteiger partial charge in [-0.05, 0) is 25.3 Å². The predicted octanol–water partition coefficient (Wildman–Crippen LogP) is 1.90. The Morgan fingerprint density at radius 1 is 1.16 bits per heavy atom. The number of guanidine groups is 1. The summed E-state index contributed by atoms with van der Waals surface area (Å²) in [5.74, 6) is 1.18. The maximum Gasteiger partial charge on any atom is 0.223 e. The Hall–Kier alpha value is -1.35. The minimum absolute atomic E-state index is 0. The molecule has 1 aromatic carbocycles. The molecule has 3 N–H and O–H groups in total. The summed E-state index contributed by atoms with van der Waals surface area (Å²) in [7, 11) is 0. The monoisotopic (exact) mass is 460 g/mol. The van der Waals surface area contributed by atoms with Gasteiger partial charge >= 0.3 is 0 Å². The molecule has 0 radical (unpaired) electrons. The molecule has 0 aliphatic heterocycles. The summed E-state index contributed by atoms with van der Waals surface area (Å²) in [6, 6.07) is 10.1. The Balaban J connectivity index is 0.00000312. The number of carbonyl (C=O) groups excluding carboxylic acids is 1. The standard InChI is InChI=1S/C18H28N4O2.HI/c1-2-19-18(21-11-10-20-17(23)16-8-9-16)22-12-13-24-14-15-6-4-3-5-7-15;/h3-7,16H,2,8-14H2,1H3,(H,20,23)(H2,19,21,22);1H. The van der Waals surface area contributed by atoms with Gasteiger partial charge in [0, 0.05) is 25.6 Å². The summed E-state index contributed by atoms with van der Waals surface area (Å²) < 4.78 is 5.62. The molecule has 7 heteroatoms. The third-order valence-electron chi connectivity index (χ3n) is 3.63. The van der Waals surface area contributed by atoms with Gasteiger partial charge < -0.3 is 20.7 Å². The van der Waals surface area contributed by atoms with E-state index in [4.69, 9.17) is 4.74 Å². The molecule has 2 rings (SSSR count). The van der Waals surface area contributed by atoms with Gasteiger partial charge in [0.1, 0.15) is 0 Å². The lowest BCUT2D eigenvalue weighted by Gasteiger charge is -2.12. The number of ether oxygens (including phenoxy) is 1. The van der Waals surface area contributed by atoms with E-state index in [2.05, 4.69) is 20.9 Å². The Morgan fingerprint density at radius 3 is 2.56 bits per heavy atom. The molecule has 140 valence electrons. The van der Waals surface area contributed by atoms with Crippen molar-refractivity contribution in [1.29, 1.82) is 0 Å². The maximum atomic E-state index is 11.5. The number of amides is 1. The van der Waals surface area contributed by atoms with Crippen molar-refractivity contribution >= 4 is 35.8 Å². The molecule has 0 atom stereocenters. The van der Waals surface area contributed by atoms with Crippen LogP contribution in [-0.2, 0) is 16.1 Å². The van der Waals surface area contributed by atoms with Crippen LogP contribution in [0.1, 0.15) is 25.3 Å². The van der Waals surface area contributed by atoms with Gasteiger partial charge in [0.25, 0.3) is 0 Å². The van der Waals surface area contributed by atoms with Gasteiger partial charge in [-0.3, -0.25) is 9.79 Å². The van der Waals surface area contributed by atoms with E-state index in [0.717, 1.165) is 30.9 Å². The number of aliphatic imine (C=N–C) groups is 1. The Labute approximate surface area is 167 Å². The van der Waals surface area contributed by atoms with Crippen molar-refractivity contribution in [2.45, 2.75) is 26.4 Å². The molecule has 25 heavy (non-hydrogen) atoms. The normalized spacial score (nSPS) is 13.7. The molecule has 0 heterocycles. The van der Waals surface area contributed by atoms with Crippen LogP contribution in [0.3, 0.4) is 0 Å². The third kappa shape index (κ3) is 9.64. The number of hydrogen-bond donors (Lipinski definition) is 3. The molecule has 1 amide bonds. The number of halogens is 1. The van der Waals surface area contributed by atoms with Gasteiger partial charge in [-0.15, -0.1) is 24.0 Å². The van der Waals surface area contributed by atoms with Crippen molar-refractivity contribution in [1.82, 2.24) is 16.0 Å². The molecule has 1 aromatic rings. The van der Waals surface area contributed by atoms with E-state index in [0.29, 0.717) is 32.8 Å². The molecule has 0 aromatic heterocycles. The fraction of sp³-hybridized carbons (Fsp3) is 0.556. The summed E-state index contributed by atoms with van der Waals surface area (Å²) in [4.78, 5) is 16.0. The summed E-state index contributed by atoms with van der Waals surface area (Å²) in [6.45, 7) is 5.87. The zero-order valence-corrected chi connectivity index (χ0v) is 17.1. The van der Waals surface area contributed by atoms with Crippen LogP contribution in [0.15, 0.2) is 35.3 Å². The molecule has 0 bridgehead atoms. The number of nitrogens with zero attached hydrogens (tertiary/aromatic N) is 1. The van der Waals surface area contributed by atoms with Gasteiger partial charge in [-0.2, -0.15) is 0 Å². The number of carbonyl (C=O) groups is 1. The first kappa shape index (κ1) is 21.7. The SMILES string of the molecule is CCNC(=NCCOCc1ccccc1)NCCNC(=O)C1CC1.I. The first-order chi connectivity index (χ1) is 11.8. The second kappa shape index (κ2) is 12.9. The number of benzene rings is 1. The first-order valence-corrected chi connectivity index (χ1v) is 8.71. The van der Waals surface area contributed by atoms with Crippen molar-refractivity contribution in [3.05, 3.63) is 35.9 Å². The fourth-order valence-corrected chi connectivity index (χ4v) is 2.18. The zero-order valence-electron chi connectivity index (χ0n) is 14.8. The quantitative estimate of drug-likeness (QED) is 0.216. The van der Waals surface area contributed by atoms with E-state index >= 15 is 0 Å². The second-order valence-corrected chi connectivity index (χ2v) is 5.79. The molecular weight excluding hydrogens is 431 g/mol. The van der Waals surface area contributed by atoms with E-state index in [1.807, 2.05) is 37.3 Å². The summed E-state index contributed by atoms with van der Waals surface area (Å²) in [5.41, 5.74) is 1.16. The Bertz CT molecular complexity index is 521. The van der Waals surface area contributed by atoms with Gasteiger partial charge in [0.15, 0.2) is 5.96 Å². The topological polar surface area (TPSA) is 74.8 Å². The Morgan fingerprint density at radius 2 is 1.88 bits per heavy atom. The lowest BCUT2D eigenvalue weighted by Crippen LogP contribution is -2.42. The highest BCUT2D eigenvalue weighted by molar-refractivity contribution is 14.0. The second-order valence-electron chi connectivity index (χ2n) is 5.79. The highest BCUT2D eigenvalue weighted by Crippen LogP contribution is 2.28. The van der Waals surface area contributed by atoms with Crippen molar-refractivity contribution < 1.29 is 9.53 Å². The van der Waals surface area contributed by atoms with Gasteiger partial charge in [-0.25, -0.2) is 0 Å². The molecular formula is C18H29IN4O2. The average Bonchev–Trinajstić information content (AvgIpc) is 3.44. The van der Waals surface area contributed by atoms with Crippen molar-refractivity contribution in [3.63, 3.8) is 0 Å². The number of nitrogens with one attached hydrogen (secondary N) is 3. The first-order valence-electron chi connectivity index (χ1n) is 8.71. The van der Waals surface area contributed by atoms with E-state index < -0.39 is 0 Å². The van der Waals surface area contributed by atoms with Crippen molar-refractivity contribution in [3.8, 4) is 0 Å². The average molecular weight is 460 g/mol. The maximum absolute atomic E-state index is 11.5. The zero-order chi connectivity index (χ0) is 17.0.